The first kappa shape index (κ1) is 17.4. The van der Waals surface area contributed by atoms with E-state index in [-0.39, 0.29) is 30.4 Å². The van der Waals surface area contributed by atoms with Crippen LogP contribution in [0.5, 0.6) is 5.75 Å². The zero-order valence-electron chi connectivity index (χ0n) is 11.7. The minimum atomic E-state index is -0.920. The van der Waals surface area contributed by atoms with Crippen LogP contribution in [0.25, 0.3) is 0 Å². The lowest BCUT2D eigenvalue weighted by Crippen LogP contribution is -2.08. The Morgan fingerprint density at radius 1 is 1.52 bits per heavy atom. The SMILES string of the molecule is COC(=O)CCCOc1c(C(C)O)cc(Br)cc1[N+](=O)[O-]. The maximum Gasteiger partial charge on any atom is 0.312 e. The maximum absolute atomic E-state index is 11.1. The van der Waals surface area contributed by atoms with Crippen LogP contribution >= 0.6 is 15.9 Å². The molecule has 0 fully saturated rings. The Labute approximate surface area is 130 Å². The van der Waals surface area contributed by atoms with Gasteiger partial charge in [0.2, 0.25) is 5.75 Å². The number of carbonyl (C=O) groups is 1. The summed E-state index contributed by atoms with van der Waals surface area (Å²) < 4.78 is 10.4. The summed E-state index contributed by atoms with van der Waals surface area (Å²) in [6, 6.07) is 2.87. The van der Waals surface area contributed by atoms with Crippen molar-refractivity contribution in [2.24, 2.45) is 0 Å². The summed E-state index contributed by atoms with van der Waals surface area (Å²) >= 11 is 3.16. The molecule has 0 aliphatic carbocycles. The molecule has 116 valence electrons. The summed E-state index contributed by atoms with van der Waals surface area (Å²) in [5.41, 5.74) is 0.0764. The van der Waals surface area contributed by atoms with E-state index in [9.17, 15) is 20.0 Å². The predicted octanol–water partition coefficient (Wildman–Crippen LogP) is 2.74. The maximum atomic E-state index is 11.1. The molecule has 0 heterocycles. The second kappa shape index (κ2) is 7.94. The first-order valence-corrected chi connectivity index (χ1v) is 7.01. The van der Waals surface area contributed by atoms with Crippen molar-refractivity contribution in [2.45, 2.75) is 25.9 Å². The van der Waals surface area contributed by atoms with Crippen LogP contribution in [0.15, 0.2) is 16.6 Å². The molecule has 0 bridgehead atoms. The molecule has 0 radical (unpaired) electrons. The molecule has 0 aliphatic heterocycles. The number of rotatable bonds is 7. The summed E-state index contributed by atoms with van der Waals surface area (Å²) in [4.78, 5) is 21.5. The molecule has 1 aromatic carbocycles. The topological polar surface area (TPSA) is 98.9 Å². The summed E-state index contributed by atoms with van der Waals surface area (Å²) in [5.74, 6) is -0.359. The first-order valence-electron chi connectivity index (χ1n) is 6.22. The van der Waals surface area contributed by atoms with Gasteiger partial charge in [-0.2, -0.15) is 0 Å². The number of esters is 1. The Hall–Kier alpha value is -1.67. The largest absolute Gasteiger partial charge is 0.487 e. The Balaban J connectivity index is 2.92. The molecule has 0 saturated heterocycles. The molecule has 0 aliphatic rings. The molecule has 0 aromatic heterocycles. The third-order valence-corrected chi connectivity index (χ3v) is 3.17. The predicted molar refractivity (Wildman–Crippen MR) is 78.2 cm³/mol. The van der Waals surface area contributed by atoms with Gasteiger partial charge in [0.1, 0.15) is 0 Å². The van der Waals surface area contributed by atoms with Crippen LogP contribution in [0.3, 0.4) is 0 Å². The van der Waals surface area contributed by atoms with Crippen LogP contribution in [0.4, 0.5) is 5.69 Å². The number of halogens is 1. The molecule has 1 atom stereocenters. The number of benzene rings is 1. The number of nitro benzene ring substituents is 1. The highest BCUT2D eigenvalue weighted by atomic mass is 79.9. The minimum Gasteiger partial charge on any atom is -0.487 e. The molecule has 0 spiro atoms. The highest BCUT2D eigenvalue weighted by molar-refractivity contribution is 9.10. The highest BCUT2D eigenvalue weighted by Gasteiger charge is 2.23. The van der Waals surface area contributed by atoms with Gasteiger partial charge in [0.25, 0.3) is 0 Å². The third-order valence-electron chi connectivity index (χ3n) is 2.71. The number of aliphatic hydroxyl groups is 1. The molecular weight excluding hydrogens is 346 g/mol. The van der Waals surface area contributed by atoms with Gasteiger partial charge in [0.05, 0.1) is 24.7 Å². The lowest BCUT2D eigenvalue weighted by atomic mass is 10.1. The monoisotopic (exact) mass is 361 g/mol. The van der Waals surface area contributed by atoms with E-state index in [4.69, 9.17) is 4.74 Å². The van der Waals surface area contributed by atoms with Gasteiger partial charge in [-0.05, 0) is 19.4 Å². The van der Waals surface area contributed by atoms with E-state index in [1.807, 2.05) is 0 Å². The number of hydrogen-bond acceptors (Lipinski definition) is 6. The van der Waals surface area contributed by atoms with Crippen LogP contribution in [-0.4, -0.2) is 29.7 Å². The molecule has 1 unspecified atom stereocenters. The number of carbonyl (C=O) groups excluding carboxylic acids is 1. The smallest absolute Gasteiger partial charge is 0.312 e. The number of hydrogen-bond donors (Lipinski definition) is 1. The average Bonchev–Trinajstić information content (AvgIpc) is 2.43. The van der Waals surface area contributed by atoms with E-state index in [0.29, 0.717) is 16.5 Å². The van der Waals surface area contributed by atoms with Crippen molar-refractivity contribution in [3.63, 3.8) is 0 Å². The van der Waals surface area contributed by atoms with Gasteiger partial charge in [0, 0.05) is 22.5 Å². The van der Waals surface area contributed by atoms with Crippen LogP contribution in [0, 0.1) is 10.1 Å². The van der Waals surface area contributed by atoms with Crippen molar-refractivity contribution < 1.29 is 24.3 Å². The number of methoxy groups -OCH3 is 1. The van der Waals surface area contributed by atoms with Crippen molar-refractivity contribution in [3.05, 3.63) is 32.3 Å². The number of ether oxygens (including phenoxy) is 2. The van der Waals surface area contributed by atoms with Crippen LogP contribution < -0.4 is 4.74 Å². The Kier molecular flexibility index (Phi) is 6.57. The van der Waals surface area contributed by atoms with Crippen LogP contribution in [-0.2, 0) is 9.53 Å². The molecule has 7 nitrogen and oxygen atoms in total. The van der Waals surface area contributed by atoms with E-state index >= 15 is 0 Å². The molecule has 1 N–H and O–H groups in total. The zero-order valence-corrected chi connectivity index (χ0v) is 13.3. The zero-order chi connectivity index (χ0) is 16.0. The van der Waals surface area contributed by atoms with E-state index in [1.165, 1.54) is 20.1 Å². The van der Waals surface area contributed by atoms with Gasteiger partial charge in [-0.15, -0.1) is 0 Å². The fourth-order valence-electron chi connectivity index (χ4n) is 1.70. The average molecular weight is 362 g/mol. The molecule has 1 rings (SSSR count). The molecule has 0 saturated carbocycles. The normalized spacial score (nSPS) is 11.8. The summed E-state index contributed by atoms with van der Waals surface area (Å²) in [7, 11) is 1.29. The summed E-state index contributed by atoms with van der Waals surface area (Å²) in [5, 5.41) is 20.8. The van der Waals surface area contributed by atoms with E-state index in [1.54, 1.807) is 6.07 Å². The highest BCUT2D eigenvalue weighted by Crippen LogP contribution is 2.37. The van der Waals surface area contributed by atoms with Crippen molar-refractivity contribution in [3.8, 4) is 5.75 Å². The Bertz CT molecular complexity index is 532. The Morgan fingerprint density at radius 2 is 2.19 bits per heavy atom. The van der Waals surface area contributed by atoms with Crippen LogP contribution in [0.2, 0.25) is 0 Å². The van der Waals surface area contributed by atoms with Gasteiger partial charge < -0.3 is 14.6 Å². The number of aliphatic hydroxyl groups excluding tert-OH is 1. The van der Waals surface area contributed by atoms with Crippen molar-refractivity contribution in [1.29, 1.82) is 0 Å². The molecule has 21 heavy (non-hydrogen) atoms. The van der Waals surface area contributed by atoms with E-state index in [0.717, 1.165) is 0 Å². The van der Waals surface area contributed by atoms with Crippen LogP contribution in [0.1, 0.15) is 31.4 Å². The standard InChI is InChI=1S/C13H16BrNO6/c1-8(16)10-6-9(14)7-11(15(18)19)13(10)21-5-3-4-12(17)20-2/h6-8,16H,3-5H2,1-2H3. The quantitative estimate of drug-likeness (QED) is 0.347. The summed E-state index contributed by atoms with van der Waals surface area (Å²) in [6.45, 7) is 1.60. The molecule has 8 heteroatoms. The summed E-state index contributed by atoms with van der Waals surface area (Å²) in [6.07, 6.45) is -0.402. The van der Waals surface area contributed by atoms with Gasteiger partial charge in [-0.3, -0.25) is 14.9 Å². The fourth-order valence-corrected chi connectivity index (χ4v) is 2.16. The van der Waals surface area contributed by atoms with Gasteiger partial charge >= 0.3 is 11.7 Å². The van der Waals surface area contributed by atoms with E-state index in [2.05, 4.69) is 20.7 Å². The lowest BCUT2D eigenvalue weighted by Gasteiger charge is -2.14. The first-order chi connectivity index (χ1) is 9.86. The van der Waals surface area contributed by atoms with Gasteiger partial charge in [-0.1, -0.05) is 15.9 Å². The third kappa shape index (κ3) is 4.98. The minimum absolute atomic E-state index is 0.0167. The number of nitro groups is 1. The van der Waals surface area contributed by atoms with Crippen molar-refractivity contribution in [1.82, 2.24) is 0 Å². The molecular formula is C13H16BrNO6. The van der Waals surface area contributed by atoms with Gasteiger partial charge in [-0.25, -0.2) is 0 Å². The van der Waals surface area contributed by atoms with Crippen molar-refractivity contribution in [2.75, 3.05) is 13.7 Å². The Morgan fingerprint density at radius 3 is 2.71 bits per heavy atom. The van der Waals surface area contributed by atoms with Gasteiger partial charge in [0.15, 0.2) is 0 Å². The fraction of sp³-hybridized carbons (Fsp3) is 0.462. The number of nitrogens with zero attached hydrogens (tertiary/aromatic N) is 1. The van der Waals surface area contributed by atoms with E-state index < -0.39 is 11.0 Å². The second-order valence-corrected chi connectivity index (χ2v) is 5.22. The second-order valence-electron chi connectivity index (χ2n) is 4.30. The molecule has 0 amide bonds. The lowest BCUT2D eigenvalue weighted by molar-refractivity contribution is -0.386. The van der Waals surface area contributed by atoms with Crippen molar-refractivity contribution >= 4 is 27.6 Å². The molecule has 1 aromatic rings.